The first-order chi connectivity index (χ1) is 16.1. The quantitative estimate of drug-likeness (QED) is 0.547. The van der Waals surface area contributed by atoms with Crippen LogP contribution in [-0.2, 0) is 26.1 Å². The summed E-state index contributed by atoms with van der Waals surface area (Å²) in [5.41, 5.74) is 2.21. The van der Waals surface area contributed by atoms with Crippen LogP contribution in [0, 0.1) is 5.92 Å². The van der Waals surface area contributed by atoms with Gasteiger partial charge in [-0.15, -0.1) is 0 Å². The Hall–Kier alpha value is -2.78. The summed E-state index contributed by atoms with van der Waals surface area (Å²) in [6.45, 7) is 5.38. The van der Waals surface area contributed by atoms with Crippen molar-refractivity contribution in [2.24, 2.45) is 5.92 Å². The molecular formula is C25H35N3O5S. The SMILES string of the molecule is COc1ccc(S(=O)(=O)Nc2ccc(N(C)C)c(CN(C[C@H]3CCCO3)C(=O)C(C)C)c2)cc1. The third-order valence-electron chi connectivity index (χ3n) is 5.80. The molecule has 186 valence electrons. The van der Waals surface area contributed by atoms with Crippen LogP contribution in [0.5, 0.6) is 5.75 Å². The molecule has 8 nitrogen and oxygen atoms in total. The zero-order valence-electron chi connectivity index (χ0n) is 20.6. The highest BCUT2D eigenvalue weighted by atomic mass is 32.2. The summed E-state index contributed by atoms with van der Waals surface area (Å²) >= 11 is 0. The Kier molecular flexibility index (Phi) is 8.43. The van der Waals surface area contributed by atoms with Crippen LogP contribution < -0.4 is 14.4 Å². The van der Waals surface area contributed by atoms with Crippen molar-refractivity contribution in [2.75, 3.05) is 44.0 Å². The van der Waals surface area contributed by atoms with Gasteiger partial charge in [0.25, 0.3) is 10.0 Å². The molecule has 2 aromatic rings. The Bertz CT molecular complexity index is 1080. The van der Waals surface area contributed by atoms with Crippen LogP contribution in [0.2, 0.25) is 0 Å². The van der Waals surface area contributed by atoms with E-state index < -0.39 is 10.0 Å². The fourth-order valence-corrected chi connectivity index (χ4v) is 5.07. The Morgan fingerprint density at radius 2 is 1.88 bits per heavy atom. The third kappa shape index (κ3) is 6.42. The van der Waals surface area contributed by atoms with Crippen molar-refractivity contribution in [3.8, 4) is 5.75 Å². The van der Waals surface area contributed by atoms with Crippen molar-refractivity contribution in [1.29, 1.82) is 0 Å². The molecule has 1 amide bonds. The lowest BCUT2D eigenvalue weighted by molar-refractivity contribution is -0.136. The van der Waals surface area contributed by atoms with Crippen LogP contribution in [0.3, 0.4) is 0 Å². The molecule has 2 aromatic carbocycles. The smallest absolute Gasteiger partial charge is 0.261 e. The molecule has 0 unspecified atom stereocenters. The normalized spacial score (nSPS) is 15.9. The maximum absolute atomic E-state index is 13.0. The van der Waals surface area contributed by atoms with E-state index in [4.69, 9.17) is 9.47 Å². The fraction of sp³-hybridized carbons (Fsp3) is 0.480. The minimum absolute atomic E-state index is 0.0299. The first kappa shape index (κ1) is 25.8. The van der Waals surface area contributed by atoms with Gasteiger partial charge in [-0.05, 0) is 60.9 Å². The Morgan fingerprint density at radius 3 is 2.44 bits per heavy atom. The summed E-state index contributed by atoms with van der Waals surface area (Å²) in [7, 11) is 1.60. The lowest BCUT2D eigenvalue weighted by Gasteiger charge is -2.29. The molecule has 34 heavy (non-hydrogen) atoms. The standard InChI is InChI=1S/C25H35N3O5S/c1-18(2)25(29)28(17-22-7-6-14-33-22)16-19-15-20(8-13-24(19)27(3)4)26-34(30,31)23-11-9-21(32-5)10-12-23/h8-13,15,18,22,26H,6-7,14,16-17H2,1-5H3/t22-/m1/s1. The van der Waals surface area contributed by atoms with Crippen LogP contribution in [-0.4, -0.2) is 59.7 Å². The molecule has 1 aliphatic heterocycles. The second-order valence-electron chi connectivity index (χ2n) is 9.03. The Morgan fingerprint density at radius 1 is 1.18 bits per heavy atom. The minimum atomic E-state index is -3.78. The van der Waals surface area contributed by atoms with Crippen LogP contribution >= 0.6 is 0 Å². The van der Waals surface area contributed by atoms with Crippen LogP contribution in [0.25, 0.3) is 0 Å². The van der Waals surface area contributed by atoms with E-state index in [1.807, 2.05) is 43.8 Å². The van der Waals surface area contributed by atoms with Crippen LogP contribution in [0.15, 0.2) is 47.4 Å². The highest BCUT2D eigenvalue weighted by molar-refractivity contribution is 7.92. The molecule has 0 bridgehead atoms. The predicted molar refractivity (Wildman–Crippen MR) is 134 cm³/mol. The molecule has 1 atom stereocenters. The number of hydrogen-bond acceptors (Lipinski definition) is 6. The molecule has 0 aliphatic carbocycles. The molecule has 0 spiro atoms. The van der Waals surface area contributed by atoms with E-state index in [-0.39, 0.29) is 22.8 Å². The van der Waals surface area contributed by atoms with Gasteiger partial charge in [-0.2, -0.15) is 0 Å². The first-order valence-corrected chi connectivity index (χ1v) is 13.0. The number of ether oxygens (including phenoxy) is 2. The monoisotopic (exact) mass is 489 g/mol. The van der Waals surface area contributed by atoms with Gasteiger partial charge >= 0.3 is 0 Å². The molecule has 1 aliphatic rings. The van der Waals surface area contributed by atoms with Gasteiger partial charge in [0.1, 0.15) is 5.75 Å². The predicted octanol–water partition coefficient (Wildman–Crippen LogP) is 3.73. The molecule has 9 heteroatoms. The number of hydrogen-bond donors (Lipinski definition) is 1. The molecule has 3 rings (SSSR count). The number of nitrogens with zero attached hydrogens (tertiary/aromatic N) is 2. The van der Waals surface area contributed by atoms with E-state index in [9.17, 15) is 13.2 Å². The van der Waals surface area contributed by atoms with Gasteiger partial charge in [0.2, 0.25) is 5.91 Å². The van der Waals surface area contributed by atoms with Gasteiger partial charge in [0, 0.05) is 51.1 Å². The second kappa shape index (κ2) is 11.1. The zero-order valence-corrected chi connectivity index (χ0v) is 21.4. The summed E-state index contributed by atoms with van der Waals surface area (Å²) in [6, 6.07) is 11.6. The lowest BCUT2D eigenvalue weighted by atomic mass is 10.1. The van der Waals surface area contributed by atoms with Crippen molar-refractivity contribution in [2.45, 2.75) is 44.2 Å². The van der Waals surface area contributed by atoms with Gasteiger partial charge < -0.3 is 19.3 Å². The lowest BCUT2D eigenvalue weighted by Crippen LogP contribution is -2.39. The fourth-order valence-electron chi connectivity index (χ4n) is 4.02. The van der Waals surface area contributed by atoms with Crippen molar-refractivity contribution >= 4 is 27.3 Å². The van der Waals surface area contributed by atoms with E-state index in [2.05, 4.69) is 4.72 Å². The van der Waals surface area contributed by atoms with Gasteiger partial charge in [0.05, 0.1) is 18.1 Å². The Balaban J connectivity index is 1.88. The van der Waals surface area contributed by atoms with E-state index >= 15 is 0 Å². The van der Waals surface area contributed by atoms with Crippen LogP contribution in [0.4, 0.5) is 11.4 Å². The molecule has 1 saturated heterocycles. The number of anilines is 2. The number of carbonyl (C=O) groups excluding carboxylic acids is 1. The highest BCUT2D eigenvalue weighted by Crippen LogP contribution is 2.28. The largest absolute Gasteiger partial charge is 0.497 e. The summed E-state index contributed by atoms with van der Waals surface area (Å²) in [4.78, 5) is 16.9. The average molecular weight is 490 g/mol. The van der Waals surface area contributed by atoms with Gasteiger partial charge in [-0.25, -0.2) is 8.42 Å². The summed E-state index contributed by atoms with van der Waals surface area (Å²) in [5.74, 6) is 0.475. The minimum Gasteiger partial charge on any atom is -0.497 e. The highest BCUT2D eigenvalue weighted by Gasteiger charge is 2.25. The summed E-state index contributed by atoms with van der Waals surface area (Å²) in [5, 5.41) is 0. The number of rotatable bonds is 10. The number of nitrogens with one attached hydrogen (secondary N) is 1. The van der Waals surface area contributed by atoms with Crippen molar-refractivity contribution in [3.05, 3.63) is 48.0 Å². The Labute approximate surface area is 202 Å². The summed E-state index contributed by atoms with van der Waals surface area (Å²) in [6.07, 6.45) is 1.96. The number of amides is 1. The van der Waals surface area contributed by atoms with Crippen LogP contribution in [0.1, 0.15) is 32.3 Å². The molecule has 1 fully saturated rings. The second-order valence-corrected chi connectivity index (χ2v) is 10.7. The molecule has 1 heterocycles. The maximum Gasteiger partial charge on any atom is 0.261 e. The number of benzene rings is 2. The molecule has 0 saturated carbocycles. The van der Waals surface area contributed by atoms with Gasteiger partial charge in [-0.1, -0.05) is 13.8 Å². The molecule has 1 N–H and O–H groups in total. The number of sulfonamides is 1. The third-order valence-corrected chi connectivity index (χ3v) is 7.20. The zero-order chi connectivity index (χ0) is 24.9. The topological polar surface area (TPSA) is 88.2 Å². The van der Waals surface area contributed by atoms with E-state index in [0.29, 0.717) is 24.5 Å². The van der Waals surface area contributed by atoms with E-state index in [0.717, 1.165) is 30.7 Å². The van der Waals surface area contributed by atoms with Gasteiger partial charge in [-0.3, -0.25) is 9.52 Å². The van der Waals surface area contributed by atoms with Crippen molar-refractivity contribution in [1.82, 2.24) is 4.90 Å². The van der Waals surface area contributed by atoms with Crippen molar-refractivity contribution in [3.63, 3.8) is 0 Å². The van der Waals surface area contributed by atoms with E-state index in [1.54, 1.807) is 24.3 Å². The summed E-state index contributed by atoms with van der Waals surface area (Å²) < 4.78 is 39.4. The number of methoxy groups -OCH3 is 1. The molecule has 0 aromatic heterocycles. The number of carbonyl (C=O) groups is 1. The first-order valence-electron chi connectivity index (χ1n) is 11.5. The average Bonchev–Trinajstić information content (AvgIpc) is 3.31. The molecule has 0 radical (unpaired) electrons. The molecular weight excluding hydrogens is 454 g/mol. The maximum atomic E-state index is 13.0. The van der Waals surface area contributed by atoms with Crippen molar-refractivity contribution < 1.29 is 22.7 Å². The van der Waals surface area contributed by atoms with Gasteiger partial charge in [0.15, 0.2) is 0 Å². The van der Waals surface area contributed by atoms with E-state index in [1.165, 1.54) is 19.2 Å².